The molecule has 0 aromatic heterocycles. The first-order valence-corrected chi connectivity index (χ1v) is 6.24. The minimum Gasteiger partial charge on any atom is -0.295 e. The summed E-state index contributed by atoms with van der Waals surface area (Å²) in [4.78, 5) is 11.3. The molecule has 0 aliphatic heterocycles. The van der Waals surface area contributed by atoms with Crippen LogP contribution in [0.1, 0.15) is 42.6 Å². The molecule has 0 amide bonds. The van der Waals surface area contributed by atoms with Crippen LogP contribution in [0.25, 0.3) is 10.8 Å². The third-order valence-corrected chi connectivity index (χ3v) is 3.13. The summed E-state index contributed by atoms with van der Waals surface area (Å²) in [5.41, 5.74) is 2.17. The van der Waals surface area contributed by atoms with Crippen molar-refractivity contribution in [3.8, 4) is 0 Å². The minimum absolute atomic E-state index is 0.127. The monoisotopic (exact) mass is 226 g/mol. The zero-order valence-electron chi connectivity index (χ0n) is 10.5. The topological polar surface area (TPSA) is 17.1 Å². The third-order valence-electron chi connectivity index (χ3n) is 3.13. The molecule has 0 aliphatic rings. The second-order valence-electron chi connectivity index (χ2n) is 4.56. The Morgan fingerprint density at radius 2 is 1.76 bits per heavy atom. The maximum absolute atomic E-state index is 11.3. The molecule has 0 atom stereocenters. The molecule has 2 rings (SSSR count). The molecule has 88 valence electrons. The second kappa shape index (κ2) is 5.13. The Balaban J connectivity index is 2.36. The van der Waals surface area contributed by atoms with Gasteiger partial charge in [0.25, 0.3) is 0 Å². The van der Waals surface area contributed by atoms with Gasteiger partial charge in [-0.15, -0.1) is 0 Å². The van der Waals surface area contributed by atoms with Crippen LogP contribution in [0.2, 0.25) is 0 Å². The number of Topliss-reactive ketones (excluding diaryl/α,β-unsaturated/α-hetero) is 1. The molecule has 0 saturated heterocycles. The molecule has 0 bridgehead atoms. The molecular weight excluding hydrogens is 208 g/mol. The van der Waals surface area contributed by atoms with E-state index in [0.29, 0.717) is 0 Å². The van der Waals surface area contributed by atoms with Crippen molar-refractivity contribution in [1.29, 1.82) is 0 Å². The summed E-state index contributed by atoms with van der Waals surface area (Å²) >= 11 is 0. The first kappa shape index (κ1) is 11.8. The zero-order valence-corrected chi connectivity index (χ0v) is 10.5. The number of aryl methyl sites for hydroxylation is 1. The quantitative estimate of drug-likeness (QED) is 0.707. The van der Waals surface area contributed by atoms with E-state index < -0.39 is 0 Å². The smallest absolute Gasteiger partial charge is 0.159 e. The molecule has 0 saturated carbocycles. The third kappa shape index (κ3) is 2.73. The van der Waals surface area contributed by atoms with Gasteiger partial charge < -0.3 is 0 Å². The number of hydrogen-bond donors (Lipinski definition) is 0. The molecular formula is C16H18O. The molecule has 0 unspecified atom stereocenters. The van der Waals surface area contributed by atoms with E-state index in [1.807, 2.05) is 18.2 Å². The zero-order chi connectivity index (χ0) is 12.3. The van der Waals surface area contributed by atoms with Crippen LogP contribution in [0.3, 0.4) is 0 Å². The summed E-state index contributed by atoms with van der Waals surface area (Å²) in [5, 5.41) is 2.38. The molecule has 1 nitrogen and oxygen atoms in total. The van der Waals surface area contributed by atoms with E-state index in [1.165, 1.54) is 23.8 Å². The lowest BCUT2D eigenvalue weighted by molar-refractivity contribution is 0.101. The normalized spacial score (nSPS) is 10.7. The van der Waals surface area contributed by atoms with Gasteiger partial charge in [-0.05, 0) is 42.2 Å². The second-order valence-corrected chi connectivity index (χ2v) is 4.56. The van der Waals surface area contributed by atoms with Crippen LogP contribution < -0.4 is 0 Å². The van der Waals surface area contributed by atoms with Crippen LogP contribution in [-0.2, 0) is 6.42 Å². The summed E-state index contributed by atoms with van der Waals surface area (Å²) < 4.78 is 0. The molecule has 0 radical (unpaired) electrons. The molecule has 1 heteroatoms. The first-order valence-electron chi connectivity index (χ1n) is 6.24. The number of benzene rings is 2. The van der Waals surface area contributed by atoms with Crippen molar-refractivity contribution in [1.82, 2.24) is 0 Å². The van der Waals surface area contributed by atoms with Crippen molar-refractivity contribution in [3.63, 3.8) is 0 Å². The molecule has 0 spiro atoms. The van der Waals surface area contributed by atoms with Crippen LogP contribution >= 0.6 is 0 Å². The van der Waals surface area contributed by atoms with E-state index in [1.54, 1.807) is 6.92 Å². The van der Waals surface area contributed by atoms with Crippen LogP contribution in [0.15, 0.2) is 36.4 Å². The Morgan fingerprint density at radius 1 is 1.06 bits per heavy atom. The van der Waals surface area contributed by atoms with Gasteiger partial charge in [-0.25, -0.2) is 0 Å². The lowest BCUT2D eigenvalue weighted by atomic mass is 10.0. The van der Waals surface area contributed by atoms with Crippen molar-refractivity contribution in [2.75, 3.05) is 0 Å². The van der Waals surface area contributed by atoms with Crippen LogP contribution in [0.4, 0.5) is 0 Å². The Labute approximate surface area is 102 Å². The number of ketones is 1. The summed E-state index contributed by atoms with van der Waals surface area (Å²) in [6.07, 6.45) is 3.60. The fourth-order valence-electron chi connectivity index (χ4n) is 2.05. The Morgan fingerprint density at radius 3 is 2.47 bits per heavy atom. The Kier molecular flexibility index (Phi) is 3.58. The average Bonchev–Trinajstić information content (AvgIpc) is 2.35. The van der Waals surface area contributed by atoms with Gasteiger partial charge in [0.2, 0.25) is 0 Å². The van der Waals surface area contributed by atoms with E-state index in [4.69, 9.17) is 0 Å². The Bertz CT molecular complexity index is 540. The van der Waals surface area contributed by atoms with Crippen molar-refractivity contribution in [2.24, 2.45) is 0 Å². The highest BCUT2D eigenvalue weighted by molar-refractivity contribution is 5.98. The highest BCUT2D eigenvalue weighted by Gasteiger charge is 2.01. The van der Waals surface area contributed by atoms with Gasteiger partial charge in [-0.3, -0.25) is 4.79 Å². The maximum atomic E-state index is 11.3. The maximum Gasteiger partial charge on any atom is 0.159 e. The number of fused-ring (bicyclic) bond motifs is 1. The van der Waals surface area contributed by atoms with Crippen molar-refractivity contribution < 1.29 is 4.79 Å². The lowest BCUT2D eigenvalue weighted by Crippen LogP contribution is -1.91. The summed E-state index contributed by atoms with van der Waals surface area (Å²) in [6.45, 7) is 3.82. The van der Waals surface area contributed by atoms with Gasteiger partial charge in [0.05, 0.1) is 0 Å². The summed E-state index contributed by atoms with van der Waals surface area (Å²) in [6, 6.07) is 12.4. The van der Waals surface area contributed by atoms with Gasteiger partial charge >= 0.3 is 0 Å². The first-order chi connectivity index (χ1) is 8.20. The molecule has 0 heterocycles. The summed E-state index contributed by atoms with van der Waals surface area (Å²) in [7, 11) is 0. The SMILES string of the molecule is CCCCc1ccc2cc(C(C)=O)ccc2c1. The number of unbranched alkanes of at least 4 members (excludes halogenated alkanes) is 1. The largest absolute Gasteiger partial charge is 0.295 e. The predicted molar refractivity (Wildman–Crippen MR) is 72.6 cm³/mol. The van der Waals surface area contributed by atoms with Gasteiger partial charge in [-0.1, -0.05) is 43.7 Å². The lowest BCUT2D eigenvalue weighted by Gasteiger charge is -2.04. The molecule has 2 aromatic rings. The number of rotatable bonds is 4. The molecule has 0 aliphatic carbocycles. The van der Waals surface area contributed by atoms with Gasteiger partial charge in [-0.2, -0.15) is 0 Å². The van der Waals surface area contributed by atoms with Crippen LogP contribution in [0.5, 0.6) is 0 Å². The van der Waals surface area contributed by atoms with Gasteiger partial charge in [0.15, 0.2) is 5.78 Å². The van der Waals surface area contributed by atoms with Gasteiger partial charge in [0.1, 0.15) is 0 Å². The fourth-order valence-corrected chi connectivity index (χ4v) is 2.05. The fraction of sp³-hybridized carbons (Fsp3) is 0.312. The van der Waals surface area contributed by atoms with Crippen LogP contribution in [-0.4, -0.2) is 5.78 Å². The van der Waals surface area contributed by atoms with E-state index in [0.717, 1.165) is 17.4 Å². The number of carbonyl (C=O) groups excluding carboxylic acids is 1. The van der Waals surface area contributed by atoms with E-state index in [9.17, 15) is 4.79 Å². The molecule has 0 fully saturated rings. The minimum atomic E-state index is 0.127. The molecule has 0 N–H and O–H groups in total. The standard InChI is InChI=1S/C16H18O/c1-3-4-5-13-6-7-16-11-14(12(2)17)8-9-15(16)10-13/h6-11H,3-5H2,1-2H3. The average molecular weight is 226 g/mol. The number of carbonyl (C=O) groups is 1. The van der Waals surface area contributed by atoms with E-state index >= 15 is 0 Å². The number of hydrogen-bond acceptors (Lipinski definition) is 1. The highest BCUT2D eigenvalue weighted by atomic mass is 16.1. The van der Waals surface area contributed by atoms with Crippen LogP contribution in [0, 0.1) is 0 Å². The summed E-state index contributed by atoms with van der Waals surface area (Å²) in [5.74, 6) is 0.127. The Hall–Kier alpha value is -1.63. The molecule has 17 heavy (non-hydrogen) atoms. The van der Waals surface area contributed by atoms with Crippen molar-refractivity contribution >= 4 is 16.6 Å². The van der Waals surface area contributed by atoms with Crippen molar-refractivity contribution in [2.45, 2.75) is 33.1 Å². The van der Waals surface area contributed by atoms with Crippen molar-refractivity contribution in [3.05, 3.63) is 47.5 Å². The predicted octanol–water partition coefficient (Wildman–Crippen LogP) is 4.39. The van der Waals surface area contributed by atoms with Gasteiger partial charge in [0, 0.05) is 5.56 Å². The highest BCUT2D eigenvalue weighted by Crippen LogP contribution is 2.19. The van der Waals surface area contributed by atoms with E-state index in [2.05, 4.69) is 25.1 Å². The van der Waals surface area contributed by atoms with E-state index in [-0.39, 0.29) is 5.78 Å². The molecule has 2 aromatic carbocycles.